The molecule has 1 aliphatic heterocycles. The third-order valence-corrected chi connectivity index (χ3v) is 3.86. The van der Waals surface area contributed by atoms with E-state index in [9.17, 15) is 4.79 Å². The van der Waals surface area contributed by atoms with E-state index in [0.29, 0.717) is 18.9 Å². The lowest BCUT2D eigenvalue weighted by Crippen LogP contribution is -2.25. The molecule has 1 N–H and O–H groups in total. The van der Waals surface area contributed by atoms with Crippen molar-refractivity contribution in [3.63, 3.8) is 0 Å². The van der Waals surface area contributed by atoms with Crippen molar-refractivity contribution in [3.05, 3.63) is 34.9 Å². The number of amides is 1. The normalized spacial score (nSPS) is 18.3. The minimum Gasteiger partial charge on any atom is -0.324 e. The maximum absolute atomic E-state index is 11.9. The number of aromatic nitrogens is 2. The number of benzene rings is 1. The molecule has 0 bridgehead atoms. The molecule has 100 valence electrons. The highest BCUT2D eigenvalue weighted by atomic mass is 79.9. The van der Waals surface area contributed by atoms with E-state index < -0.39 is 0 Å². The minimum atomic E-state index is -0.0243. The summed E-state index contributed by atoms with van der Waals surface area (Å²) in [5, 5.41) is 0. The molecule has 5 heteroatoms. The summed E-state index contributed by atoms with van der Waals surface area (Å²) >= 11 is 3.40. The molecular formula is C15H12BrN3O. The second-order valence-electron chi connectivity index (χ2n) is 4.70. The van der Waals surface area contributed by atoms with Crippen LogP contribution >= 0.6 is 15.9 Å². The number of hydrogen-bond donors (Lipinski definition) is 1. The lowest BCUT2D eigenvalue weighted by atomic mass is 10.1. The smallest absolute Gasteiger partial charge is 0.230 e. The number of imidazole rings is 1. The summed E-state index contributed by atoms with van der Waals surface area (Å²) in [6, 6.07) is 7.89. The zero-order valence-electron chi connectivity index (χ0n) is 10.6. The van der Waals surface area contributed by atoms with E-state index >= 15 is 0 Å². The Morgan fingerprint density at radius 3 is 2.80 bits per heavy atom. The van der Waals surface area contributed by atoms with Gasteiger partial charge in [-0.1, -0.05) is 28.1 Å². The van der Waals surface area contributed by atoms with E-state index in [1.54, 1.807) is 11.1 Å². The molecule has 1 saturated heterocycles. The van der Waals surface area contributed by atoms with E-state index in [-0.39, 0.29) is 11.8 Å². The standard InChI is InChI=1S/C15H12BrN3O/c1-2-10-7-14(20)19(9-10)15-17-8-13(18-15)11-3-5-12(16)6-4-11/h1,3-6,8,10H,7,9H2,(H,17,18). The summed E-state index contributed by atoms with van der Waals surface area (Å²) in [5.74, 6) is 3.18. The fraction of sp³-hybridized carbons (Fsp3) is 0.200. The molecule has 20 heavy (non-hydrogen) atoms. The zero-order chi connectivity index (χ0) is 14.1. The van der Waals surface area contributed by atoms with Crippen LogP contribution < -0.4 is 4.90 Å². The maximum Gasteiger partial charge on any atom is 0.230 e. The van der Waals surface area contributed by atoms with Gasteiger partial charge in [-0.05, 0) is 17.7 Å². The highest BCUT2D eigenvalue weighted by Crippen LogP contribution is 2.26. The summed E-state index contributed by atoms with van der Waals surface area (Å²) in [7, 11) is 0. The first kappa shape index (κ1) is 12.9. The molecule has 1 atom stereocenters. The van der Waals surface area contributed by atoms with Gasteiger partial charge in [-0.3, -0.25) is 9.69 Å². The molecule has 0 spiro atoms. The molecule has 2 aromatic rings. The molecule has 0 radical (unpaired) electrons. The van der Waals surface area contributed by atoms with Gasteiger partial charge in [-0.25, -0.2) is 4.98 Å². The van der Waals surface area contributed by atoms with Crippen molar-refractivity contribution in [1.29, 1.82) is 0 Å². The summed E-state index contributed by atoms with van der Waals surface area (Å²) in [6.45, 7) is 0.530. The van der Waals surface area contributed by atoms with E-state index in [1.807, 2.05) is 24.3 Å². The number of anilines is 1. The quantitative estimate of drug-likeness (QED) is 0.861. The monoisotopic (exact) mass is 329 g/mol. The van der Waals surface area contributed by atoms with Gasteiger partial charge in [-0.15, -0.1) is 12.3 Å². The van der Waals surface area contributed by atoms with E-state index in [0.717, 1.165) is 15.7 Å². The zero-order valence-corrected chi connectivity index (χ0v) is 12.2. The Hall–Kier alpha value is -2.06. The highest BCUT2D eigenvalue weighted by Gasteiger charge is 2.31. The van der Waals surface area contributed by atoms with Crippen molar-refractivity contribution in [2.75, 3.05) is 11.4 Å². The van der Waals surface area contributed by atoms with Crippen LogP contribution in [0.4, 0.5) is 5.95 Å². The Morgan fingerprint density at radius 1 is 1.40 bits per heavy atom. The third kappa shape index (κ3) is 2.35. The average molecular weight is 330 g/mol. The van der Waals surface area contributed by atoms with Gasteiger partial charge < -0.3 is 4.98 Å². The predicted molar refractivity (Wildman–Crippen MR) is 81.0 cm³/mol. The highest BCUT2D eigenvalue weighted by molar-refractivity contribution is 9.10. The van der Waals surface area contributed by atoms with E-state index in [4.69, 9.17) is 6.42 Å². The molecule has 1 aromatic carbocycles. The number of carbonyl (C=O) groups excluding carboxylic acids is 1. The minimum absolute atomic E-state index is 0.0182. The van der Waals surface area contributed by atoms with Crippen LogP contribution in [0.3, 0.4) is 0 Å². The number of H-pyrrole nitrogens is 1. The Morgan fingerprint density at radius 2 is 2.15 bits per heavy atom. The topological polar surface area (TPSA) is 49.0 Å². The number of carbonyl (C=O) groups is 1. The van der Waals surface area contributed by atoms with Crippen LogP contribution in [-0.2, 0) is 4.79 Å². The van der Waals surface area contributed by atoms with Crippen LogP contribution in [0, 0.1) is 18.3 Å². The molecule has 0 saturated carbocycles. The summed E-state index contributed by atoms with van der Waals surface area (Å²) in [6.07, 6.45) is 7.51. The van der Waals surface area contributed by atoms with Crippen molar-refractivity contribution in [2.45, 2.75) is 6.42 Å². The fourth-order valence-electron chi connectivity index (χ4n) is 2.25. The van der Waals surface area contributed by atoms with Crippen molar-refractivity contribution in [2.24, 2.45) is 5.92 Å². The molecule has 1 unspecified atom stereocenters. The second-order valence-corrected chi connectivity index (χ2v) is 5.62. The first-order chi connectivity index (χ1) is 9.67. The molecule has 1 aromatic heterocycles. The number of rotatable bonds is 2. The Balaban J connectivity index is 1.86. The number of hydrogen-bond acceptors (Lipinski definition) is 2. The molecule has 3 rings (SSSR count). The van der Waals surface area contributed by atoms with Crippen LogP contribution in [0.1, 0.15) is 6.42 Å². The van der Waals surface area contributed by atoms with Crippen molar-refractivity contribution >= 4 is 27.8 Å². The predicted octanol–water partition coefficient (Wildman–Crippen LogP) is 2.83. The molecule has 4 nitrogen and oxygen atoms in total. The second kappa shape index (κ2) is 5.14. The maximum atomic E-state index is 11.9. The Kier molecular flexibility index (Phi) is 3.33. The SMILES string of the molecule is C#CC1CC(=O)N(c2ncc(-c3ccc(Br)cc3)[nH]2)C1. The molecule has 1 amide bonds. The summed E-state index contributed by atoms with van der Waals surface area (Å²) in [4.78, 5) is 21.0. The molecular weight excluding hydrogens is 318 g/mol. The van der Waals surface area contributed by atoms with E-state index in [1.165, 1.54) is 0 Å². The number of nitrogens with one attached hydrogen (secondary N) is 1. The average Bonchev–Trinajstić information content (AvgIpc) is 3.06. The van der Waals surface area contributed by atoms with Gasteiger partial charge in [0.1, 0.15) is 0 Å². The van der Waals surface area contributed by atoms with Gasteiger partial charge >= 0.3 is 0 Å². The van der Waals surface area contributed by atoms with Gasteiger partial charge in [0.2, 0.25) is 11.9 Å². The van der Waals surface area contributed by atoms with Crippen LogP contribution in [0.25, 0.3) is 11.3 Å². The lowest BCUT2D eigenvalue weighted by molar-refractivity contribution is -0.117. The molecule has 0 aliphatic carbocycles. The van der Waals surface area contributed by atoms with Crippen molar-refractivity contribution in [1.82, 2.24) is 9.97 Å². The van der Waals surface area contributed by atoms with Gasteiger partial charge in [0, 0.05) is 23.4 Å². The van der Waals surface area contributed by atoms with Gasteiger partial charge in [-0.2, -0.15) is 0 Å². The molecule has 1 fully saturated rings. The van der Waals surface area contributed by atoms with Crippen LogP contribution in [0.2, 0.25) is 0 Å². The number of terminal acetylenes is 1. The summed E-state index contributed by atoms with van der Waals surface area (Å²) < 4.78 is 1.02. The lowest BCUT2D eigenvalue weighted by Gasteiger charge is -2.11. The van der Waals surface area contributed by atoms with Crippen LogP contribution in [0.15, 0.2) is 34.9 Å². The van der Waals surface area contributed by atoms with Crippen LogP contribution in [0.5, 0.6) is 0 Å². The largest absolute Gasteiger partial charge is 0.324 e. The number of nitrogens with zero attached hydrogens (tertiary/aromatic N) is 2. The van der Waals surface area contributed by atoms with E-state index in [2.05, 4.69) is 31.8 Å². The third-order valence-electron chi connectivity index (χ3n) is 3.33. The van der Waals surface area contributed by atoms with Gasteiger partial charge in [0.25, 0.3) is 0 Å². The first-order valence-electron chi connectivity index (χ1n) is 6.25. The van der Waals surface area contributed by atoms with Crippen molar-refractivity contribution in [3.8, 4) is 23.6 Å². The number of aromatic amines is 1. The van der Waals surface area contributed by atoms with Crippen molar-refractivity contribution < 1.29 is 4.79 Å². The van der Waals surface area contributed by atoms with Gasteiger partial charge in [0.15, 0.2) is 0 Å². The Labute approximate surface area is 125 Å². The fourth-order valence-corrected chi connectivity index (χ4v) is 2.51. The first-order valence-corrected chi connectivity index (χ1v) is 7.04. The molecule has 2 heterocycles. The number of halogens is 1. The Bertz CT molecular complexity index is 684. The van der Waals surface area contributed by atoms with Gasteiger partial charge in [0.05, 0.1) is 11.9 Å². The summed E-state index contributed by atoms with van der Waals surface area (Å²) in [5.41, 5.74) is 1.90. The molecule has 1 aliphatic rings. The van der Waals surface area contributed by atoms with Crippen LogP contribution in [-0.4, -0.2) is 22.4 Å².